The topological polar surface area (TPSA) is 67.5 Å². The van der Waals surface area contributed by atoms with Crippen LogP contribution < -0.4 is 0 Å². The first-order chi connectivity index (χ1) is 10.7. The summed E-state index contributed by atoms with van der Waals surface area (Å²) in [7, 11) is 0. The predicted octanol–water partition coefficient (Wildman–Crippen LogP) is 2.39. The van der Waals surface area contributed by atoms with Gasteiger partial charge in [0.2, 0.25) is 0 Å². The fourth-order valence-electron chi connectivity index (χ4n) is 2.15. The molecular weight excluding hydrogens is 278 g/mol. The summed E-state index contributed by atoms with van der Waals surface area (Å²) in [6, 6.07) is 6.82. The number of hydrogen-bond donors (Lipinski definition) is 1. The molecular formula is C17H13N3O2. The number of carbonyl (C=O) groups is 1. The molecule has 0 radical (unpaired) electrons. The van der Waals surface area contributed by atoms with Crippen molar-refractivity contribution in [3.8, 4) is 11.8 Å². The van der Waals surface area contributed by atoms with Crippen LogP contribution in [0.25, 0.3) is 5.65 Å². The number of fused-ring (bicyclic) bond motifs is 1. The minimum atomic E-state index is -0.953. The van der Waals surface area contributed by atoms with Crippen LogP contribution in [0.15, 0.2) is 42.9 Å². The van der Waals surface area contributed by atoms with E-state index >= 15 is 0 Å². The Morgan fingerprint density at radius 3 is 2.95 bits per heavy atom. The van der Waals surface area contributed by atoms with Crippen molar-refractivity contribution in [3.63, 3.8) is 0 Å². The average molecular weight is 291 g/mol. The van der Waals surface area contributed by atoms with Crippen molar-refractivity contribution in [2.24, 2.45) is 0 Å². The summed E-state index contributed by atoms with van der Waals surface area (Å²) in [5.41, 5.74) is 3.46. The summed E-state index contributed by atoms with van der Waals surface area (Å²) in [6.45, 7) is 2.01. The molecule has 0 amide bonds. The van der Waals surface area contributed by atoms with E-state index in [9.17, 15) is 4.79 Å². The number of carboxylic acid groups (broad SMARTS) is 1. The quantitative estimate of drug-likeness (QED) is 0.736. The van der Waals surface area contributed by atoms with Crippen molar-refractivity contribution in [1.82, 2.24) is 14.6 Å². The van der Waals surface area contributed by atoms with Gasteiger partial charge in [-0.1, -0.05) is 24.8 Å². The molecule has 0 saturated heterocycles. The molecule has 5 nitrogen and oxygen atoms in total. The first-order valence-electron chi connectivity index (χ1n) is 6.85. The van der Waals surface area contributed by atoms with E-state index in [-0.39, 0.29) is 5.56 Å². The second-order valence-electron chi connectivity index (χ2n) is 4.76. The summed E-state index contributed by atoms with van der Waals surface area (Å²) in [5, 5.41) is 13.2. The summed E-state index contributed by atoms with van der Waals surface area (Å²) >= 11 is 0. The third kappa shape index (κ3) is 2.67. The van der Waals surface area contributed by atoms with Gasteiger partial charge in [-0.2, -0.15) is 5.10 Å². The SMILES string of the molecule is CCc1ccc(C(=O)O)cc1C#Cc1cnc2ccnn2c1. The average Bonchev–Trinajstić information content (AvgIpc) is 3.00. The van der Waals surface area contributed by atoms with Gasteiger partial charge in [0.05, 0.1) is 17.3 Å². The normalized spacial score (nSPS) is 10.2. The van der Waals surface area contributed by atoms with Crippen LogP contribution in [0.1, 0.15) is 34.0 Å². The molecule has 22 heavy (non-hydrogen) atoms. The van der Waals surface area contributed by atoms with Crippen LogP contribution in [0.5, 0.6) is 0 Å². The molecule has 108 valence electrons. The summed E-state index contributed by atoms with van der Waals surface area (Å²) in [4.78, 5) is 15.3. The van der Waals surface area contributed by atoms with Crippen molar-refractivity contribution in [3.05, 3.63) is 65.1 Å². The molecule has 5 heteroatoms. The monoisotopic (exact) mass is 291 g/mol. The van der Waals surface area contributed by atoms with E-state index in [1.54, 1.807) is 35.2 Å². The van der Waals surface area contributed by atoms with E-state index in [2.05, 4.69) is 21.9 Å². The van der Waals surface area contributed by atoms with Gasteiger partial charge in [0.25, 0.3) is 0 Å². The van der Waals surface area contributed by atoms with Gasteiger partial charge < -0.3 is 5.11 Å². The van der Waals surface area contributed by atoms with Crippen LogP contribution in [-0.2, 0) is 6.42 Å². The van der Waals surface area contributed by atoms with Crippen molar-refractivity contribution in [2.75, 3.05) is 0 Å². The number of aromatic nitrogens is 3. The molecule has 3 rings (SSSR count). The Bertz CT molecular complexity index is 916. The first-order valence-corrected chi connectivity index (χ1v) is 6.85. The van der Waals surface area contributed by atoms with Gasteiger partial charge >= 0.3 is 5.97 Å². The molecule has 0 bridgehead atoms. The Kier molecular flexibility index (Phi) is 3.58. The third-order valence-electron chi connectivity index (χ3n) is 3.33. The zero-order chi connectivity index (χ0) is 15.5. The van der Waals surface area contributed by atoms with Gasteiger partial charge in [-0.15, -0.1) is 0 Å². The molecule has 3 aromatic rings. The Balaban J connectivity index is 2.01. The van der Waals surface area contributed by atoms with Crippen molar-refractivity contribution in [2.45, 2.75) is 13.3 Å². The number of nitrogens with zero attached hydrogens (tertiary/aromatic N) is 3. The largest absolute Gasteiger partial charge is 0.478 e. The zero-order valence-corrected chi connectivity index (χ0v) is 11.9. The van der Waals surface area contributed by atoms with Gasteiger partial charge in [0.15, 0.2) is 5.65 Å². The fraction of sp³-hybridized carbons (Fsp3) is 0.118. The highest BCUT2D eigenvalue weighted by molar-refractivity contribution is 5.88. The van der Waals surface area contributed by atoms with Gasteiger partial charge in [0, 0.05) is 24.0 Å². The minimum Gasteiger partial charge on any atom is -0.478 e. The summed E-state index contributed by atoms with van der Waals surface area (Å²) < 4.78 is 1.65. The summed E-state index contributed by atoms with van der Waals surface area (Å²) in [6.07, 6.45) is 5.93. The molecule has 2 heterocycles. The molecule has 0 aliphatic carbocycles. The lowest BCUT2D eigenvalue weighted by Crippen LogP contribution is -1.98. The Hall–Kier alpha value is -3.13. The fourth-order valence-corrected chi connectivity index (χ4v) is 2.15. The maximum absolute atomic E-state index is 11.1. The smallest absolute Gasteiger partial charge is 0.335 e. The Labute approximate surface area is 127 Å². The summed E-state index contributed by atoms with van der Waals surface area (Å²) in [5.74, 6) is 5.10. The number of benzene rings is 1. The van der Waals surface area contributed by atoms with Crippen molar-refractivity contribution in [1.29, 1.82) is 0 Å². The number of aryl methyl sites for hydroxylation is 1. The molecule has 2 aromatic heterocycles. The molecule has 0 unspecified atom stereocenters. The Morgan fingerprint density at radius 2 is 2.18 bits per heavy atom. The van der Waals surface area contributed by atoms with Crippen LogP contribution in [0.2, 0.25) is 0 Å². The van der Waals surface area contributed by atoms with Gasteiger partial charge in [-0.25, -0.2) is 14.3 Å². The molecule has 0 spiro atoms. The van der Waals surface area contributed by atoms with E-state index in [4.69, 9.17) is 5.11 Å². The van der Waals surface area contributed by atoms with E-state index in [0.717, 1.165) is 28.8 Å². The van der Waals surface area contributed by atoms with Gasteiger partial charge in [-0.05, 0) is 24.1 Å². The van der Waals surface area contributed by atoms with Crippen LogP contribution in [0, 0.1) is 11.8 Å². The van der Waals surface area contributed by atoms with E-state index in [0.29, 0.717) is 0 Å². The molecule has 0 saturated carbocycles. The maximum Gasteiger partial charge on any atom is 0.335 e. The predicted molar refractivity (Wildman–Crippen MR) is 81.7 cm³/mol. The van der Waals surface area contributed by atoms with Crippen LogP contribution in [-0.4, -0.2) is 25.7 Å². The van der Waals surface area contributed by atoms with Crippen LogP contribution in [0.3, 0.4) is 0 Å². The maximum atomic E-state index is 11.1. The van der Waals surface area contributed by atoms with Gasteiger partial charge in [-0.3, -0.25) is 0 Å². The van der Waals surface area contributed by atoms with E-state index < -0.39 is 5.97 Å². The lowest BCUT2D eigenvalue weighted by Gasteiger charge is -2.02. The number of aromatic carboxylic acids is 1. The Morgan fingerprint density at radius 1 is 1.32 bits per heavy atom. The molecule has 1 N–H and O–H groups in total. The highest BCUT2D eigenvalue weighted by Crippen LogP contribution is 2.12. The highest BCUT2D eigenvalue weighted by Gasteiger charge is 2.06. The lowest BCUT2D eigenvalue weighted by atomic mass is 10.0. The first kappa shape index (κ1) is 13.8. The molecule has 0 atom stereocenters. The number of carboxylic acids is 1. The molecule has 0 fully saturated rings. The third-order valence-corrected chi connectivity index (χ3v) is 3.33. The van der Waals surface area contributed by atoms with E-state index in [1.807, 2.05) is 19.1 Å². The van der Waals surface area contributed by atoms with Gasteiger partial charge in [0.1, 0.15) is 0 Å². The van der Waals surface area contributed by atoms with Crippen LogP contribution in [0.4, 0.5) is 0 Å². The van der Waals surface area contributed by atoms with Crippen LogP contribution >= 0.6 is 0 Å². The number of hydrogen-bond acceptors (Lipinski definition) is 3. The van der Waals surface area contributed by atoms with E-state index in [1.165, 1.54) is 0 Å². The lowest BCUT2D eigenvalue weighted by molar-refractivity contribution is 0.0697. The standard InChI is InChI=1S/C17H13N3O2/c1-2-13-5-6-15(17(21)22)9-14(13)4-3-12-10-18-16-7-8-19-20(16)11-12/h5-11H,2H2,1H3,(H,21,22). The molecule has 0 aliphatic heterocycles. The number of rotatable bonds is 2. The molecule has 0 aliphatic rings. The molecule has 1 aromatic carbocycles. The van der Waals surface area contributed by atoms with Crippen molar-refractivity contribution >= 4 is 11.6 Å². The highest BCUT2D eigenvalue weighted by atomic mass is 16.4. The minimum absolute atomic E-state index is 0.238. The van der Waals surface area contributed by atoms with Crippen molar-refractivity contribution < 1.29 is 9.90 Å². The second-order valence-corrected chi connectivity index (χ2v) is 4.76. The second kappa shape index (κ2) is 5.70. The zero-order valence-electron chi connectivity index (χ0n) is 11.9.